The maximum atomic E-state index is 12.9. The molecule has 0 unspecified atom stereocenters. The zero-order valence-electron chi connectivity index (χ0n) is 16.8. The minimum Gasteiger partial charge on any atom is -0.324 e. The topological polar surface area (TPSA) is 83.6 Å². The third kappa shape index (κ3) is 4.98. The molecule has 0 saturated heterocycles. The van der Waals surface area contributed by atoms with Gasteiger partial charge in [-0.1, -0.05) is 25.1 Å². The summed E-state index contributed by atoms with van der Waals surface area (Å²) in [6, 6.07) is 11.0. The summed E-state index contributed by atoms with van der Waals surface area (Å²) in [6.07, 6.45) is 1.38. The molecule has 1 N–H and O–H groups in total. The number of anilines is 2. The summed E-state index contributed by atoms with van der Waals surface area (Å²) in [5.41, 5.74) is 3.35. The summed E-state index contributed by atoms with van der Waals surface area (Å²) in [5, 5.41) is 2.74. The standard InChI is InChI=1S/C21H26N2O4S/c1-6-20(21(25)22-18-9-7-8-17(13-18)16(4)24)23(28(5,26)27)19-11-10-14(2)15(3)12-19/h7-13,20H,6H2,1-5H3,(H,22,25)/t20-/m1/s1. The van der Waals surface area contributed by atoms with Gasteiger partial charge in [-0.05, 0) is 62.6 Å². The molecule has 0 spiro atoms. The molecule has 2 rings (SSSR count). The molecule has 0 aromatic heterocycles. The maximum Gasteiger partial charge on any atom is 0.248 e. The van der Waals surface area contributed by atoms with Crippen LogP contribution in [0.3, 0.4) is 0 Å². The Balaban J connectivity index is 2.40. The Morgan fingerprint density at radius 3 is 2.29 bits per heavy atom. The van der Waals surface area contributed by atoms with E-state index in [0.717, 1.165) is 21.7 Å². The van der Waals surface area contributed by atoms with Gasteiger partial charge in [-0.2, -0.15) is 0 Å². The smallest absolute Gasteiger partial charge is 0.248 e. The number of amides is 1. The summed E-state index contributed by atoms with van der Waals surface area (Å²) in [7, 11) is -3.70. The molecule has 0 heterocycles. The fourth-order valence-electron chi connectivity index (χ4n) is 2.96. The van der Waals surface area contributed by atoms with Gasteiger partial charge >= 0.3 is 0 Å². The molecule has 1 atom stereocenters. The maximum absolute atomic E-state index is 12.9. The monoisotopic (exact) mass is 402 g/mol. The predicted octanol–water partition coefficient (Wildman–Crippen LogP) is 3.69. The number of carbonyl (C=O) groups is 2. The summed E-state index contributed by atoms with van der Waals surface area (Å²) in [6.45, 7) is 7.04. The number of nitrogens with one attached hydrogen (secondary N) is 1. The van der Waals surface area contributed by atoms with Crippen molar-refractivity contribution in [3.05, 3.63) is 59.2 Å². The number of aryl methyl sites for hydroxylation is 2. The lowest BCUT2D eigenvalue weighted by Crippen LogP contribution is -2.47. The number of hydrogen-bond donors (Lipinski definition) is 1. The molecule has 2 aromatic rings. The van der Waals surface area contributed by atoms with Crippen LogP contribution in [0, 0.1) is 13.8 Å². The van der Waals surface area contributed by atoms with Crippen molar-refractivity contribution < 1.29 is 18.0 Å². The first-order valence-corrected chi connectivity index (χ1v) is 10.9. The van der Waals surface area contributed by atoms with Gasteiger partial charge in [0.25, 0.3) is 0 Å². The van der Waals surface area contributed by atoms with Crippen LogP contribution in [0.15, 0.2) is 42.5 Å². The lowest BCUT2D eigenvalue weighted by molar-refractivity contribution is -0.117. The van der Waals surface area contributed by atoms with E-state index in [1.54, 1.807) is 43.3 Å². The Hall–Kier alpha value is -2.67. The summed E-state index contributed by atoms with van der Waals surface area (Å²) in [4.78, 5) is 24.5. The molecule has 0 aliphatic rings. The van der Waals surface area contributed by atoms with Crippen molar-refractivity contribution in [3.8, 4) is 0 Å². The number of benzene rings is 2. The molecule has 0 aliphatic heterocycles. The van der Waals surface area contributed by atoms with Crippen LogP contribution in [-0.4, -0.2) is 32.4 Å². The molecule has 28 heavy (non-hydrogen) atoms. The summed E-state index contributed by atoms with van der Waals surface area (Å²) in [5.74, 6) is -0.567. The van der Waals surface area contributed by atoms with Crippen molar-refractivity contribution >= 4 is 33.1 Å². The van der Waals surface area contributed by atoms with Gasteiger partial charge in [0, 0.05) is 11.3 Å². The van der Waals surface area contributed by atoms with Crippen LogP contribution in [0.2, 0.25) is 0 Å². The van der Waals surface area contributed by atoms with Crippen molar-refractivity contribution in [1.82, 2.24) is 0 Å². The SMILES string of the molecule is CC[C@H](C(=O)Nc1cccc(C(C)=O)c1)N(c1ccc(C)c(C)c1)S(C)(=O)=O. The average Bonchev–Trinajstić information content (AvgIpc) is 2.61. The van der Waals surface area contributed by atoms with Crippen molar-refractivity contribution in [3.63, 3.8) is 0 Å². The van der Waals surface area contributed by atoms with E-state index in [1.807, 2.05) is 19.9 Å². The van der Waals surface area contributed by atoms with Gasteiger partial charge in [0.15, 0.2) is 5.78 Å². The van der Waals surface area contributed by atoms with Crippen LogP contribution >= 0.6 is 0 Å². The Morgan fingerprint density at radius 1 is 1.07 bits per heavy atom. The van der Waals surface area contributed by atoms with Gasteiger partial charge in [-0.25, -0.2) is 8.42 Å². The van der Waals surface area contributed by atoms with Crippen LogP contribution in [0.25, 0.3) is 0 Å². The molecule has 2 aromatic carbocycles. The van der Waals surface area contributed by atoms with E-state index < -0.39 is 22.0 Å². The van der Waals surface area contributed by atoms with Crippen molar-refractivity contribution in [2.45, 2.75) is 40.2 Å². The number of nitrogens with zero attached hydrogens (tertiary/aromatic N) is 1. The second-order valence-electron chi connectivity index (χ2n) is 6.88. The minimum absolute atomic E-state index is 0.115. The van der Waals surface area contributed by atoms with Crippen LogP contribution in [0.4, 0.5) is 11.4 Å². The molecule has 0 aliphatic carbocycles. The van der Waals surface area contributed by atoms with Gasteiger partial charge in [0.1, 0.15) is 6.04 Å². The van der Waals surface area contributed by atoms with E-state index >= 15 is 0 Å². The average molecular weight is 403 g/mol. The van der Waals surface area contributed by atoms with Gasteiger partial charge in [0.2, 0.25) is 15.9 Å². The lowest BCUT2D eigenvalue weighted by Gasteiger charge is -2.30. The number of rotatable bonds is 7. The fraction of sp³-hybridized carbons (Fsp3) is 0.333. The van der Waals surface area contributed by atoms with E-state index in [9.17, 15) is 18.0 Å². The molecule has 150 valence electrons. The molecule has 7 heteroatoms. The number of sulfonamides is 1. The summed E-state index contributed by atoms with van der Waals surface area (Å²) >= 11 is 0. The number of hydrogen-bond acceptors (Lipinski definition) is 4. The van der Waals surface area contributed by atoms with Crippen LogP contribution < -0.4 is 9.62 Å². The zero-order chi connectivity index (χ0) is 21.1. The zero-order valence-corrected chi connectivity index (χ0v) is 17.6. The van der Waals surface area contributed by atoms with Gasteiger partial charge in [0.05, 0.1) is 11.9 Å². The Bertz CT molecular complexity index is 999. The van der Waals surface area contributed by atoms with Crippen molar-refractivity contribution in [2.24, 2.45) is 0 Å². The molecule has 0 radical (unpaired) electrons. The highest BCUT2D eigenvalue weighted by atomic mass is 32.2. The first-order chi connectivity index (χ1) is 13.0. The van der Waals surface area contributed by atoms with Gasteiger partial charge in [-0.15, -0.1) is 0 Å². The molecule has 6 nitrogen and oxygen atoms in total. The molecular formula is C21H26N2O4S. The largest absolute Gasteiger partial charge is 0.324 e. The fourth-order valence-corrected chi connectivity index (χ4v) is 4.17. The first-order valence-electron chi connectivity index (χ1n) is 9.03. The lowest BCUT2D eigenvalue weighted by atomic mass is 10.1. The van der Waals surface area contributed by atoms with E-state index in [-0.39, 0.29) is 12.2 Å². The number of Topliss-reactive ketones (excluding diaryl/α,β-unsaturated/α-hetero) is 1. The molecular weight excluding hydrogens is 376 g/mol. The third-order valence-electron chi connectivity index (χ3n) is 4.61. The Labute approximate surface area is 166 Å². The van der Waals surface area contributed by atoms with Crippen molar-refractivity contribution in [1.29, 1.82) is 0 Å². The molecule has 0 fully saturated rings. The second-order valence-corrected chi connectivity index (χ2v) is 8.74. The molecule has 0 bridgehead atoms. The molecule has 1 amide bonds. The van der Waals surface area contributed by atoms with Gasteiger partial charge in [-0.3, -0.25) is 13.9 Å². The second kappa shape index (κ2) is 8.56. The quantitative estimate of drug-likeness (QED) is 0.716. The number of ketones is 1. The number of carbonyl (C=O) groups excluding carboxylic acids is 2. The third-order valence-corrected chi connectivity index (χ3v) is 5.79. The van der Waals surface area contributed by atoms with Crippen molar-refractivity contribution in [2.75, 3.05) is 15.9 Å². The van der Waals surface area contributed by atoms with Crippen LogP contribution in [-0.2, 0) is 14.8 Å². The predicted molar refractivity (Wildman–Crippen MR) is 112 cm³/mol. The molecule has 0 saturated carbocycles. The highest BCUT2D eigenvalue weighted by Gasteiger charge is 2.31. The Kier molecular flexibility index (Phi) is 6.61. The van der Waals surface area contributed by atoms with E-state index in [2.05, 4.69) is 5.32 Å². The van der Waals surface area contributed by atoms with Gasteiger partial charge < -0.3 is 5.32 Å². The van der Waals surface area contributed by atoms with E-state index in [1.165, 1.54) is 6.92 Å². The highest BCUT2D eigenvalue weighted by Crippen LogP contribution is 2.25. The van der Waals surface area contributed by atoms with E-state index in [4.69, 9.17) is 0 Å². The normalized spacial score (nSPS) is 12.3. The van der Waals surface area contributed by atoms with Crippen LogP contribution in [0.5, 0.6) is 0 Å². The Morgan fingerprint density at radius 2 is 1.75 bits per heavy atom. The minimum atomic E-state index is -3.70. The van der Waals surface area contributed by atoms with Crippen LogP contribution in [0.1, 0.15) is 41.8 Å². The highest BCUT2D eigenvalue weighted by molar-refractivity contribution is 7.92. The van der Waals surface area contributed by atoms with E-state index in [0.29, 0.717) is 16.9 Å². The first kappa shape index (κ1) is 21.6. The summed E-state index contributed by atoms with van der Waals surface area (Å²) < 4.78 is 26.2.